The Hall–Kier alpha value is -3.15. The Morgan fingerprint density at radius 3 is 2.63 bits per heavy atom. The minimum Gasteiger partial charge on any atom is -0.508 e. The number of aromatic hydroxyl groups is 1. The van der Waals surface area contributed by atoms with Gasteiger partial charge in [0.05, 0.1) is 5.60 Å². The number of β-amino-alcohol motifs (C(OH)–C–C–N with tert-alkyl or cyclic N) is 1. The maximum Gasteiger partial charge on any atom is 0.254 e. The Balaban J connectivity index is 1.52. The molecule has 0 aromatic heterocycles. The molecule has 1 saturated carbocycles. The third kappa shape index (κ3) is 4.85. The van der Waals surface area contributed by atoms with Gasteiger partial charge in [-0.1, -0.05) is 62.4 Å². The summed E-state index contributed by atoms with van der Waals surface area (Å²) in [4.78, 5) is 18.4. The van der Waals surface area contributed by atoms with Crippen LogP contribution in [0.15, 0.2) is 79.4 Å². The molecule has 5 heteroatoms. The normalized spacial score (nSPS) is 25.7. The highest BCUT2D eigenvalue weighted by Gasteiger charge is 2.58. The number of aliphatic hydroxyl groups is 1. The van der Waals surface area contributed by atoms with E-state index in [0.29, 0.717) is 37.4 Å². The molecular weight excluding hydrogens is 472 g/mol. The fourth-order valence-electron chi connectivity index (χ4n) is 6.92. The Morgan fingerprint density at radius 2 is 1.89 bits per heavy atom. The van der Waals surface area contributed by atoms with Crippen LogP contribution in [0.4, 0.5) is 0 Å². The van der Waals surface area contributed by atoms with E-state index in [9.17, 15) is 15.0 Å². The third-order valence-corrected chi connectivity index (χ3v) is 8.75. The second-order valence-corrected chi connectivity index (χ2v) is 11.7. The number of phenolic OH excluding ortho intramolecular Hbond substituents is 1. The first kappa shape index (κ1) is 26.5. The highest BCUT2D eigenvalue weighted by molar-refractivity contribution is 5.98. The van der Waals surface area contributed by atoms with Gasteiger partial charge in [-0.2, -0.15) is 0 Å². The number of carbonyl (C=O) groups is 1. The molecule has 1 aliphatic heterocycles. The average molecular weight is 513 g/mol. The van der Waals surface area contributed by atoms with Gasteiger partial charge in [-0.3, -0.25) is 9.69 Å². The van der Waals surface area contributed by atoms with Crippen LogP contribution < -0.4 is 0 Å². The minimum atomic E-state index is -0.950. The van der Waals surface area contributed by atoms with Crippen molar-refractivity contribution < 1.29 is 15.0 Å². The summed E-state index contributed by atoms with van der Waals surface area (Å²) in [6.45, 7) is 11.0. The van der Waals surface area contributed by atoms with Crippen molar-refractivity contribution in [3.8, 4) is 5.75 Å². The molecule has 0 bridgehead atoms. The molecule has 1 saturated heterocycles. The first-order valence-corrected chi connectivity index (χ1v) is 13.9. The second-order valence-electron chi connectivity index (χ2n) is 11.7. The van der Waals surface area contributed by atoms with E-state index in [1.54, 1.807) is 6.07 Å². The lowest BCUT2D eigenvalue weighted by Gasteiger charge is -2.59. The Kier molecular flexibility index (Phi) is 7.34. The number of benzene rings is 3. The number of rotatable bonds is 7. The van der Waals surface area contributed by atoms with Gasteiger partial charge < -0.3 is 15.1 Å². The van der Waals surface area contributed by atoms with Gasteiger partial charge in [-0.15, -0.1) is 6.58 Å². The third-order valence-electron chi connectivity index (χ3n) is 8.75. The molecule has 3 aromatic rings. The van der Waals surface area contributed by atoms with E-state index in [1.165, 1.54) is 0 Å². The van der Waals surface area contributed by atoms with E-state index >= 15 is 0 Å². The zero-order valence-corrected chi connectivity index (χ0v) is 22.6. The molecule has 5 rings (SSSR count). The zero-order chi connectivity index (χ0) is 26.9. The van der Waals surface area contributed by atoms with Crippen molar-refractivity contribution in [3.63, 3.8) is 0 Å². The van der Waals surface area contributed by atoms with Gasteiger partial charge >= 0.3 is 0 Å². The quantitative estimate of drug-likeness (QED) is 0.395. The minimum absolute atomic E-state index is 0.00931. The predicted octanol–water partition coefficient (Wildman–Crippen LogP) is 5.76. The number of hydrogen-bond donors (Lipinski definition) is 2. The summed E-state index contributed by atoms with van der Waals surface area (Å²) in [6, 6.07) is 21.5. The molecular formula is C33H40N2O3. The zero-order valence-electron chi connectivity index (χ0n) is 22.6. The first-order chi connectivity index (χ1) is 18.2. The fraction of sp³-hybridized carbons (Fsp3) is 0.424. The Bertz CT molecular complexity index is 1320. The number of carbonyl (C=O) groups excluding carboxylic acids is 1. The van der Waals surface area contributed by atoms with Crippen molar-refractivity contribution in [2.24, 2.45) is 5.92 Å². The van der Waals surface area contributed by atoms with E-state index in [2.05, 4.69) is 36.3 Å². The number of phenols is 1. The molecule has 38 heavy (non-hydrogen) atoms. The van der Waals surface area contributed by atoms with Crippen LogP contribution in [-0.2, 0) is 5.41 Å². The molecule has 2 aliphatic rings. The van der Waals surface area contributed by atoms with Crippen molar-refractivity contribution in [3.05, 3.63) is 90.5 Å². The molecule has 3 atom stereocenters. The molecule has 2 N–H and O–H groups in total. The number of likely N-dealkylation sites (tertiary alicyclic amines) is 1. The van der Waals surface area contributed by atoms with E-state index in [4.69, 9.17) is 0 Å². The van der Waals surface area contributed by atoms with Crippen molar-refractivity contribution >= 4 is 16.7 Å². The lowest BCUT2D eigenvalue weighted by molar-refractivity contribution is -0.131. The first-order valence-electron chi connectivity index (χ1n) is 13.9. The molecule has 1 aliphatic carbocycles. The molecule has 0 radical (unpaired) electrons. The SMILES string of the molecule is C=CCN1CC[C@@]2(c3cccc(O)c3)C[C@@H](N(CC(C)C)C(=O)c3ccc4ccccc4c3)CC[C@]2(O)C1. The molecule has 0 unspecified atom stereocenters. The molecule has 3 aromatic carbocycles. The van der Waals surface area contributed by atoms with Gasteiger partial charge in [-0.05, 0) is 78.7 Å². The van der Waals surface area contributed by atoms with Crippen LogP contribution in [0.5, 0.6) is 5.75 Å². The standard InChI is InChI=1S/C33H40N2O3/c1-4-17-34-18-16-32(28-10-7-11-30(36)20-28)21-29(14-15-33(32,38)23-34)35(22-24(2)3)31(37)27-13-12-25-8-5-6-9-26(25)19-27/h4-13,19-20,24,29,36,38H,1,14-18,21-23H2,2-3H3/t29-,32-,33-/m0/s1. The van der Waals surface area contributed by atoms with Crippen LogP contribution >= 0.6 is 0 Å². The van der Waals surface area contributed by atoms with Crippen molar-refractivity contribution in [2.75, 3.05) is 26.2 Å². The van der Waals surface area contributed by atoms with E-state index < -0.39 is 11.0 Å². The van der Waals surface area contributed by atoms with Crippen molar-refractivity contribution in [2.45, 2.75) is 56.6 Å². The number of fused-ring (bicyclic) bond motifs is 2. The molecule has 1 heterocycles. The van der Waals surface area contributed by atoms with Crippen molar-refractivity contribution in [1.82, 2.24) is 9.80 Å². The van der Waals surface area contributed by atoms with Crippen LogP contribution in [0.2, 0.25) is 0 Å². The lowest BCUT2D eigenvalue weighted by Crippen LogP contribution is -2.67. The van der Waals surface area contributed by atoms with Gasteiger partial charge in [-0.25, -0.2) is 0 Å². The highest BCUT2D eigenvalue weighted by atomic mass is 16.3. The van der Waals surface area contributed by atoms with Gasteiger partial charge in [0, 0.05) is 36.7 Å². The van der Waals surface area contributed by atoms with Crippen molar-refractivity contribution in [1.29, 1.82) is 0 Å². The number of hydrogen-bond acceptors (Lipinski definition) is 4. The lowest BCUT2D eigenvalue weighted by atomic mass is 9.55. The maximum atomic E-state index is 14.1. The summed E-state index contributed by atoms with van der Waals surface area (Å²) in [6.07, 6.45) is 4.66. The number of amides is 1. The largest absolute Gasteiger partial charge is 0.508 e. The maximum absolute atomic E-state index is 14.1. The van der Waals surface area contributed by atoms with E-state index in [0.717, 1.165) is 42.3 Å². The summed E-state index contributed by atoms with van der Waals surface area (Å²) in [5, 5.41) is 24.9. The molecule has 0 spiro atoms. The molecule has 1 amide bonds. The highest BCUT2D eigenvalue weighted by Crippen LogP contribution is 2.53. The Morgan fingerprint density at radius 1 is 1.11 bits per heavy atom. The summed E-state index contributed by atoms with van der Waals surface area (Å²) < 4.78 is 0. The van der Waals surface area contributed by atoms with Crippen LogP contribution in [-0.4, -0.2) is 63.7 Å². The smallest absolute Gasteiger partial charge is 0.254 e. The summed E-state index contributed by atoms with van der Waals surface area (Å²) in [5.74, 6) is 0.572. The molecule has 200 valence electrons. The van der Waals surface area contributed by atoms with Crippen LogP contribution in [0, 0.1) is 5.92 Å². The molecule has 5 nitrogen and oxygen atoms in total. The predicted molar refractivity (Wildman–Crippen MR) is 153 cm³/mol. The van der Waals surface area contributed by atoms with Gasteiger partial charge in [0.2, 0.25) is 0 Å². The second kappa shape index (κ2) is 10.5. The Labute approximate surface area is 226 Å². The topological polar surface area (TPSA) is 64.0 Å². The van der Waals surface area contributed by atoms with Crippen LogP contribution in [0.25, 0.3) is 10.8 Å². The van der Waals surface area contributed by atoms with Gasteiger partial charge in [0.25, 0.3) is 5.91 Å². The van der Waals surface area contributed by atoms with E-state index in [-0.39, 0.29) is 17.7 Å². The fourth-order valence-corrected chi connectivity index (χ4v) is 6.92. The van der Waals surface area contributed by atoms with Crippen LogP contribution in [0.1, 0.15) is 55.5 Å². The summed E-state index contributed by atoms with van der Waals surface area (Å²) in [7, 11) is 0. The van der Waals surface area contributed by atoms with Crippen LogP contribution in [0.3, 0.4) is 0 Å². The van der Waals surface area contributed by atoms with Gasteiger partial charge in [0.15, 0.2) is 0 Å². The number of nitrogens with zero attached hydrogens (tertiary/aromatic N) is 2. The van der Waals surface area contributed by atoms with Gasteiger partial charge in [0.1, 0.15) is 5.75 Å². The molecule has 2 fully saturated rings. The monoisotopic (exact) mass is 512 g/mol. The number of piperidine rings is 1. The van der Waals surface area contributed by atoms with E-state index in [1.807, 2.05) is 60.7 Å². The average Bonchev–Trinajstić information content (AvgIpc) is 2.90. The summed E-state index contributed by atoms with van der Waals surface area (Å²) in [5.41, 5.74) is 0.169. The summed E-state index contributed by atoms with van der Waals surface area (Å²) >= 11 is 0.